The zero-order valence-electron chi connectivity index (χ0n) is 15.4. The normalized spacial score (nSPS) is 21.5. The first kappa shape index (κ1) is 18.4. The van der Waals surface area contributed by atoms with E-state index in [0.29, 0.717) is 13.0 Å². The van der Waals surface area contributed by atoms with Crippen LogP contribution in [0.2, 0.25) is 0 Å². The molecule has 1 fully saturated rings. The summed E-state index contributed by atoms with van der Waals surface area (Å²) in [5.41, 5.74) is 6.87. The first-order valence-corrected chi connectivity index (χ1v) is 8.89. The summed E-state index contributed by atoms with van der Waals surface area (Å²) < 4.78 is 1.97. The lowest BCUT2D eigenvalue weighted by Gasteiger charge is -2.32. The highest BCUT2D eigenvalue weighted by Gasteiger charge is 2.34. The van der Waals surface area contributed by atoms with Crippen LogP contribution in [0.15, 0.2) is 43.0 Å². The SMILES string of the molecule is CC(C)(C)C(Cn1ccnc1)NC(=O)C1CC(c2ccccc2O)NN1. The molecule has 1 aromatic heterocycles. The molecule has 4 N–H and O–H groups in total. The van der Waals surface area contributed by atoms with E-state index in [2.05, 4.69) is 41.9 Å². The van der Waals surface area contributed by atoms with Crippen molar-refractivity contribution in [1.82, 2.24) is 25.7 Å². The van der Waals surface area contributed by atoms with Crippen LogP contribution in [0.4, 0.5) is 0 Å². The maximum absolute atomic E-state index is 12.8. The van der Waals surface area contributed by atoms with E-state index in [1.54, 1.807) is 24.7 Å². The molecule has 0 bridgehead atoms. The van der Waals surface area contributed by atoms with Gasteiger partial charge in [-0.1, -0.05) is 39.0 Å². The largest absolute Gasteiger partial charge is 0.508 e. The molecule has 2 heterocycles. The standard InChI is InChI=1S/C19H27N5O2/c1-19(2,3)17(11-24-9-8-20-12-24)21-18(26)15-10-14(22-23-15)13-6-4-5-7-16(13)25/h4-9,12,14-15,17,22-23,25H,10-11H2,1-3H3,(H,21,26). The average molecular weight is 357 g/mol. The third-order valence-corrected chi connectivity index (χ3v) is 4.85. The highest BCUT2D eigenvalue weighted by atomic mass is 16.3. The van der Waals surface area contributed by atoms with Gasteiger partial charge in [0.25, 0.3) is 0 Å². The number of carbonyl (C=O) groups excluding carboxylic acids is 1. The molecule has 1 aliphatic rings. The molecule has 1 aliphatic heterocycles. The number of imidazole rings is 1. The van der Waals surface area contributed by atoms with E-state index < -0.39 is 0 Å². The molecule has 0 radical (unpaired) electrons. The Morgan fingerprint density at radius 3 is 2.81 bits per heavy atom. The summed E-state index contributed by atoms with van der Waals surface area (Å²) in [5.74, 6) is 0.191. The lowest BCUT2D eigenvalue weighted by molar-refractivity contribution is -0.124. The number of rotatable bonds is 5. The first-order chi connectivity index (χ1) is 12.3. The molecule has 1 aromatic carbocycles. The first-order valence-electron chi connectivity index (χ1n) is 8.89. The van der Waals surface area contributed by atoms with Gasteiger partial charge in [0.05, 0.1) is 18.4 Å². The van der Waals surface area contributed by atoms with Gasteiger partial charge in [0, 0.05) is 24.5 Å². The Labute approximate surface area is 153 Å². The summed E-state index contributed by atoms with van der Waals surface area (Å²) in [6, 6.07) is 6.70. The summed E-state index contributed by atoms with van der Waals surface area (Å²) >= 11 is 0. The smallest absolute Gasteiger partial charge is 0.238 e. The van der Waals surface area contributed by atoms with Crippen LogP contribution in [-0.4, -0.2) is 32.6 Å². The second kappa shape index (κ2) is 7.47. The zero-order chi connectivity index (χ0) is 18.7. The number of para-hydroxylation sites is 1. The Balaban J connectivity index is 1.64. The molecule has 0 saturated carbocycles. The molecule has 26 heavy (non-hydrogen) atoms. The highest BCUT2D eigenvalue weighted by molar-refractivity contribution is 5.82. The Hall–Kier alpha value is -2.38. The molecular weight excluding hydrogens is 330 g/mol. The second-order valence-corrected chi connectivity index (χ2v) is 7.88. The number of benzene rings is 1. The van der Waals surface area contributed by atoms with Gasteiger partial charge in [-0.15, -0.1) is 0 Å². The molecular formula is C19H27N5O2. The molecule has 140 valence electrons. The summed E-state index contributed by atoms with van der Waals surface area (Å²) in [5, 5.41) is 13.2. The lowest BCUT2D eigenvalue weighted by Crippen LogP contribution is -2.52. The molecule has 0 spiro atoms. The fourth-order valence-corrected chi connectivity index (χ4v) is 3.13. The lowest BCUT2D eigenvalue weighted by atomic mass is 9.86. The van der Waals surface area contributed by atoms with E-state index in [1.807, 2.05) is 22.9 Å². The van der Waals surface area contributed by atoms with Gasteiger partial charge in [0.2, 0.25) is 5.91 Å². The maximum Gasteiger partial charge on any atom is 0.238 e. The van der Waals surface area contributed by atoms with Crippen molar-refractivity contribution in [3.63, 3.8) is 0 Å². The Kier molecular flexibility index (Phi) is 5.29. The van der Waals surface area contributed by atoms with E-state index in [9.17, 15) is 9.90 Å². The molecule has 1 saturated heterocycles. The molecule has 0 aliphatic carbocycles. The Bertz CT molecular complexity index is 739. The van der Waals surface area contributed by atoms with Crippen molar-refractivity contribution in [3.05, 3.63) is 48.5 Å². The van der Waals surface area contributed by atoms with Crippen molar-refractivity contribution < 1.29 is 9.90 Å². The summed E-state index contributed by atoms with van der Waals surface area (Å²) in [6.45, 7) is 7.00. The number of nitrogens with zero attached hydrogens (tertiary/aromatic N) is 2. The van der Waals surface area contributed by atoms with Crippen molar-refractivity contribution in [2.24, 2.45) is 5.41 Å². The molecule has 3 rings (SSSR count). The van der Waals surface area contributed by atoms with Gasteiger partial charge in [-0.3, -0.25) is 4.79 Å². The van der Waals surface area contributed by atoms with Crippen LogP contribution in [0.1, 0.15) is 38.8 Å². The van der Waals surface area contributed by atoms with Gasteiger partial charge in [-0.2, -0.15) is 0 Å². The molecule has 1 amide bonds. The summed E-state index contributed by atoms with van der Waals surface area (Å²) in [7, 11) is 0. The summed E-state index contributed by atoms with van der Waals surface area (Å²) in [4.78, 5) is 16.9. The molecule has 7 nitrogen and oxygen atoms in total. The van der Waals surface area contributed by atoms with Crippen LogP contribution < -0.4 is 16.2 Å². The van der Waals surface area contributed by atoms with Gasteiger partial charge in [-0.05, 0) is 17.9 Å². The fourth-order valence-electron chi connectivity index (χ4n) is 3.13. The highest BCUT2D eigenvalue weighted by Crippen LogP contribution is 2.29. The number of hydrogen-bond donors (Lipinski definition) is 4. The molecule has 3 atom stereocenters. The van der Waals surface area contributed by atoms with E-state index in [-0.39, 0.29) is 35.2 Å². The summed E-state index contributed by atoms with van der Waals surface area (Å²) in [6.07, 6.45) is 5.97. The Morgan fingerprint density at radius 2 is 2.15 bits per heavy atom. The van der Waals surface area contributed by atoms with Gasteiger partial charge >= 0.3 is 0 Å². The van der Waals surface area contributed by atoms with Gasteiger partial charge in [0.1, 0.15) is 11.8 Å². The number of amides is 1. The molecule has 7 heteroatoms. The van der Waals surface area contributed by atoms with Crippen molar-refractivity contribution in [2.45, 2.75) is 51.9 Å². The third-order valence-electron chi connectivity index (χ3n) is 4.85. The van der Waals surface area contributed by atoms with Crippen LogP contribution in [0.3, 0.4) is 0 Å². The van der Waals surface area contributed by atoms with Crippen molar-refractivity contribution in [3.8, 4) is 5.75 Å². The minimum absolute atomic E-state index is 0.0322. The number of hydrazine groups is 1. The monoisotopic (exact) mass is 357 g/mol. The third kappa shape index (κ3) is 4.23. The number of carbonyl (C=O) groups is 1. The number of hydrogen-bond acceptors (Lipinski definition) is 5. The van der Waals surface area contributed by atoms with Crippen LogP contribution in [0, 0.1) is 5.41 Å². The van der Waals surface area contributed by atoms with Crippen LogP contribution in [0.25, 0.3) is 0 Å². The predicted octanol–water partition coefficient (Wildman–Crippen LogP) is 1.73. The topological polar surface area (TPSA) is 91.2 Å². The maximum atomic E-state index is 12.8. The number of aromatic hydroxyl groups is 1. The van der Waals surface area contributed by atoms with Crippen molar-refractivity contribution >= 4 is 5.91 Å². The number of aromatic nitrogens is 2. The van der Waals surface area contributed by atoms with Crippen LogP contribution in [-0.2, 0) is 11.3 Å². The van der Waals surface area contributed by atoms with Crippen molar-refractivity contribution in [1.29, 1.82) is 0 Å². The Morgan fingerprint density at radius 1 is 1.38 bits per heavy atom. The average Bonchev–Trinajstić information content (AvgIpc) is 3.25. The second-order valence-electron chi connectivity index (χ2n) is 7.88. The van der Waals surface area contributed by atoms with Gasteiger partial charge < -0.3 is 15.0 Å². The van der Waals surface area contributed by atoms with E-state index in [0.717, 1.165) is 5.56 Å². The fraction of sp³-hybridized carbons (Fsp3) is 0.474. The predicted molar refractivity (Wildman–Crippen MR) is 99.1 cm³/mol. The van der Waals surface area contributed by atoms with Crippen molar-refractivity contribution in [2.75, 3.05) is 0 Å². The van der Waals surface area contributed by atoms with Gasteiger partial charge in [0.15, 0.2) is 0 Å². The van der Waals surface area contributed by atoms with Crippen LogP contribution in [0.5, 0.6) is 5.75 Å². The number of phenols is 1. The number of nitrogens with one attached hydrogen (secondary N) is 3. The van der Waals surface area contributed by atoms with Gasteiger partial charge in [-0.25, -0.2) is 15.8 Å². The zero-order valence-corrected chi connectivity index (χ0v) is 15.4. The quantitative estimate of drug-likeness (QED) is 0.654. The molecule has 2 aromatic rings. The minimum atomic E-state index is -0.354. The van der Waals surface area contributed by atoms with E-state index in [1.165, 1.54) is 0 Å². The van der Waals surface area contributed by atoms with E-state index >= 15 is 0 Å². The van der Waals surface area contributed by atoms with Crippen LogP contribution >= 0.6 is 0 Å². The van der Waals surface area contributed by atoms with E-state index in [4.69, 9.17) is 0 Å². The number of phenolic OH excluding ortho intramolecular Hbond substituents is 1. The minimum Gasteiger partial charge on any atom is -0.508 e. The molecule has 3 unspecified atom stereocenters.